The molecule has 62 valence electrons. The molecular formula is C8H9N3O. The first-order chi connectivity index (χ1) is 5.77. The Morgan fingerprint density at radius 3 is 3.08 bits per heavy atom. The smallest absolute Gasteiger partial charge is 0.213 e. The van der Waals surface area contributed by atoms with Crippen LogP contribution in [0, 0.1) is 0 Å². The molecule has 0 aliphatic carbocycles. The zero-order valence-electron chi connectivity index (χ0n) is 6.69. The minimum Gasteiger partial charge on any atom is -0.437 e. The number of hydrogen-bond acceptors (Lipinski definition) is 4. The van der Waals surface area contributed by atoms with Crippen molar-refractivity contribution in [3.63, 3.8) is 0 Å². The second-order valence-electron chi connectivity index (χ2n) is 2.67. The highest BCUT2D eigenvalue weighted by Gasteiger charge is 2.08. The van der Waals surface area contributed by atoms with Gasteiger partial charge in [-0.2, -0.15) is 4.98 Å². The van der Waals surface area contributed by atoms with Crippen LogP contribution in [-0.4, -0.2) is 9.97 Å². The number of aromatic nitrogens is 2. The van der Waals surface area contributed by atoms with E-state index in [0.717, 1.165) is 0 Å². The second kappa shape index (κ2) is 2.57. The Balaban J connectivity index is 2.62. The standard InChI is InChI=1S/C8H9N3O/c1-5(9)8-11-7-6(12-8)3-2-4-10-7/h2-5H,9H2,1H3. The molecule has 2 rings (SSSR count). The van der Waals surface area contributed by atoms with E-state index in [0.29, 0.717) is 17.1 Å². The molecule has 12 heavy (non-hydrogen) atoms. The van der Waals surface area contributed by atoms with E-state index in [-0.39, 0.29) is 6.04 Å². The molecule has 0 saturated carbocycles. The molecule has 0 bridgehead atoms. The van der Waals surface area contributed by atoms with Crippen LogP contribution in [0.25, 0.3) is 11.2 Å². The summed E-state index contributed by atoms with van der Waals surface area (Å²) in [7, 11) is 0. The Morgan fingerprint density at radius 1 is 1.58 bits per heavy atom. The van der Waals surface area contributed by atoms with Crippen molar-refractivity contribution < 1.29 is 4.42 Å². The average Bonchev–Trinajstić information content (AvgIpc) is 2.46. The van der Waals surface area contributed by atoms with Crippen LogP contribution in [0.1, 0.15) is 18.9 Å². The van der Waals surface area contributed by atoms with Gasteiger partial charge in [0.2, 0.25) is 5.89 Å². The summed E-state index contributed by atoms with van der Waals surface area (Å²) in [5.74, 6) is 0.531. The van der Waals surface area contributed by atoms with E-state index < -0.39 is 0 Å². The van der Waals surface area contributed by atoms with Gasteiger partial charge in [0.05, 0.1) is 6.04 Å². The summed E-state index contributed by atoms with van der Waals surface area (Å²) in [5, 5.41) is 0. The van der Waals surface area contributed by atoms with Crippen LogP contribution >= 0.6 is 0 Å². The van der Waals surface area contributed by atoms with Crippen LogP contribution in [0.5, 0.6) is 0 Å². The summed E-state index contributed by atoms with van der Waals surface area (Å²) in [4.78, 5) is 8.13. The zero-order valence-corrected chi connectivity index (χ0v) is 6.69. The molecule has 0 aliphatic rings. The molecule has 0 radical (unpaired) electrons. The van der Waals surface area contributed by atoms with Crippen molar-refractivity contribution in [1.29, 1.82) is 0 Å². The van der Waals surface area contributed by atoms with Crippen molar-refractivity contribution in [2.24, 2.45) is 5.73 Å². The van der Waals surface area contributed by atoms with Gasteiger partial charge in [-0.1, -0.05) is 0 Å². The van der Waals surface area contributed by atoms with Gasteiger partial charge in [0.1, 0.15) is 0 Å². The highest BCUT2D eigenvalue weighted by Crippen LogP contribution is 2.15. The molecule has 2 N–H and O–H groups in total. The van der Waals surface area contributed by atoms with Gasteiger partial charge in [-0.3, -0.25) is 0 Å². The first-order valence-electron chi connectivity index (χ1n) is 3.74. The minimum absolute atomic E-state index is 0.181. The van der Waals surface area contributed by atoms with E-state index in [1.165, 1.54) is 0 Å². The van der Waals surface area contributed by atoms with E-state index in [1.54, 1.807) is 12.3 Å². The molecule has 0 spiro atoms. The lowest BCUT2D eigenvalue weighted by Gasteiger charge is -1.93. The van der Waals surface area contributed by atoms with Crippen LogP contribution in [0.2, 0.25) is 0 Å². The van der Waals surface area contributed by atoms with Gasteiger partial charge in [0, 0.05) is 6.20 Å². The lowest BCUT2D eigenvalue weighted by Crippen LogP contribution is -2.04. The second-order valence-corrected chi connectivity index (χ2v) is 2.67. The number of hydrogen-bond donors (Lipinski definition) is 1. The molecule has 1 unspecified atom stereocenters. The predicted octanol–water partition coefficient (Wildman–Crippen LogP) is 1.24. The Hall–Kier alpha value is -1.42. The van der Waals surface area contributed by atoms with Crippen molar-refractivity contribution >= 4 is 11.2 Å². The zero-order chi connectivity index (χ0) is 8.55. The van der Waals surface area contributed by atoms with Gasteiger partial charge in [-0.25, -0.2) is 4.98 Å². The Bertz CT molecular complexity index is 361. The first kappa shape index (κ1) is 7.24. The molecule has 4 heteroatoms. The molecule has 0 aromatic carbocycles. The van der Waals surface area contributed by atoms with E-state index >= 15 is 0 Å². The molecule has 1 atom stereocenters. The molecule has 2 aromatic heterocycles. The molecular weight excluding hydrogens is 154 g/mol. The Morgan fingerprint density at radius 2 is 2.42 bits per heavy atom. The summed E-state index contributed by atoms with van der Waals surface area (Å²) in [5.41, 5.74) is 6.89. The van der Waals surface area contributed by atoms with Crippen LogP contribution in [0.3, 0.4) is 0 Å². The summed E-state index contributed by atoms with van der Waals surface area (Å²) >= 11 is 0. The molecule has 0 fully saturated rings. The number of fused-ring (bicyclic) bond motifs is 1. The quantitative estimate of drug-likeness (QED) is 0.686. The van der Waals surface area contributed by atoms with Crippen LogP contribution in [0.15, 0.2) is 22.7 Å². The summed E-state index contributed by atoms with van der Waals surface area (Å²) in [6.07, 6.45) is 1.68. The third-order valence-electron chi connectivity index (χ3n) is 1.57. The maximum Gasteiger partial charge on any atom is 0.213 e. The van der Waals surface area contributed by atoms with Gasteiger partial charge in [0.15, 0.2) is 11.2 Å². The van der Waals surface area contributed by atoms with Crippen molar-refractivity contribution in [2.75, 3.05) is 0 Å². The van der Waals surface area contributed by atoms with Crippen molar-refractivity contribution in [1.82, 2.24) is 9.97 Å². The third kappa shape index (κ3) is 1.06. The molecule has 0 amide bonds. The van der Waals surface area contributed by atoms with E-state index in [9.17, 15) is 0 Å². The van der Waals surface area contributed by atoms with Gasteiger partial charge in [0.25, 0.3) is 0 Å². The molecule has 0 saturated heterocycles. The fraction of sp³-hybridized carbons (Fsp3) is 0.250. The molecule has 4 nitrogen and oxygen atoms in total. The Labute approximate surface area is 69.4 Å². The normalized spacial score (nSPS) is 13.5. The fourth-order valence-corrected chi connectivity index (χ4v) is 0.980. The monoisotopic (exact) mass is 163 g/mol. The summed E-state index contributed by atoms with van der Waals surface area (Å²) < 4.78 is 5.33. The van der Waals surface area contributed by atoms with Crippen LogP contribution in [0.4, 0.5) is 0 Å². The molecule has 2 heterocycles. The largest absolute Gasteiger partial charge is 0.437 e. The highest BCUT2D eigenvalue weighted by molar-refractivity contribution is 5.66. The maximum absolute atomic E-state index is 5.59. The molecule has 2 aromatic rings. The predicted molar refractivity (Wildman–Crippen MR) is 44.4 cm³/mol. The number of nitrogens with two attached hydrogens (primary N) is 1. The maximum atomic E-state index is 5.59. The highest BCUT2D eigenvalue weighted by atomic mass is 16.3. The van der Waals surface area contributed by atoms with Gasteiger partial charge in [-0.05, 0) is 19.1 Å². The van der Waals surface area contributed by atoms with Crippen molar-refractivity contribution in [2.45, 2.75) is 13.0 Å². The number of nitrogens with zero attached hydrogens (tertiary/aromatic N) is 2. The number of rotatable bonds is 1. The number of oxazole rings is 1. The lowest BCUT2D eigenvalue weighted by molar-refractivity contribution is 0.493. The van der Waals surface area contributed by atoms with Gasteiger partial charge in [-0.15, -0.1) is 0 Å². The number of pyridine rings is 1. The first-order valence-corrected chi connectivity index (χ1v) is 3.74. The lowest BCUT2D eigenvalue weighted by atomic mass is 10.4. The van der Waals surface area contributed by atoms with E-state index in [2.05, 4.69) is 9.97 Å². The SMILES string of the molecule is CC(N)c1nc2ncccc2o1. The average molecular weight is 163 g/mol. The van der Waals surface area contributed by atoms with Gasteiger partial charge >= 0.3 is 0 Å². The minimum atomic E-state index is -0.181. The van der Waals surface area contributed by atoms with Gasteiger partial charge < -0.3 is 10.2 Å². The molecule has 0 aliphatic heterocycles. The van der Waals surface area contributed by atoms with Crippen molar-refractivity contribution in [3.8, 4) is 0 Å². The Kier molecular flexibility index (Phi) is 1.55. The van der Waals surface area contributed by atoms with E-state index in [1.807, 2.05) is 13.0 Å². The van der Waals surface area contributed by atoms with Crippen molar-refractivity contribution in [3.05, 3.63) is 24.2 Å². The summed E-state index contributed by atoms with van der Waals surface area (Å²) in [6.45, 7) is 1.82. The third-order valence-corrected chi connectivity index (χ3v) is 1.57. The fourth-order valence-electron chi connectivity index (χ4n) is 0.980. The van der Waals surface area contributed by atoms with Crippen LogP contribution < -0.4 is 5.73 Å². The van der Waals surface area contributed by atoms with Crippen LogP contribution in [-0.2, 0) is 0 Å². The van der Waals surface area contributed by atoms with E-state index in [4.69, 9.17) is 10.2 Å². The topological polar surface area (TPSA) is 64.9 Å². The summed E-state index contributed by atoms with van der Waals surface area (Å²) in [6, 6.07) is 3.44.